The predicted octanol–water partition coefficient (Wildman–Crippen LogP) is 10.5. The smallest absolute Gasteiger partial charge is 0.116 e. The molecule has 0 amide bonds. The molecule has 1 atom stereocenters. The molecular weight excluding hydrogens is 534 g/mol. The molecule has 1 unspecified atom stereocenters. The number of fused-ring (bicyclic) bond motifs is 6. The summed E-state index contributed by atoms with van der Waals surface area (Å²) in [7, 11) is 0. The summed E-state index contributed by atoms with van der Waals surface area (Å²) in [4.78, 5) is 4.98. The highest BCUT2D eigenvalue weighted by Crippen LogP contribution is 2.53. The molecule has 0 bridgehead atoms. The first-order valence-electron chi connectivity index (χ1n) is 15.6. The molecule has 6 aromatic rings. The number of rotatable bonds is 3. The van der Waals surface area contributed by atoms with Crippen LogP contribution in [0.5, 0.6) is 0 Å². The second-order valence-corrected chi connectivity index (χ2v) is 12.6. The lowest BCUT2D eigenvalue weighted by atomic mass is 9.83. The van der Waals surface area contributed by atoms with Crippen LogP contribution in [0.2, 0.25) is 0 Å². The van der Waals surface area contributed by atoms with E-state index in [1.54, 1.807) is 0 Å². The molecule has 2 heterocycles. The first kappa shape index (κ1) is 25.2. The van der Waals surface area contributed by atoms with E-state index in [1.807, 2.05) is 0 Å². The van der Waals surface area contributed by atoms with Gasteiger partial charge in [-0.15, -0.1) is 0 Å². The normalized spacial score (nSPS) is 18.0. The highest BCUT2D eigenvalue weighted by Gasteiger charge is 2.44. The van der Waals surface area contributed by atoms with E-state index in [0.29, 0.717) is 5.92 Å². The molecule has 0 fully saturated rings. The van der Waals surface area contributed by atoms with Gasteiger partial charge in [-0.1, -0.05) is 85.0 Å². The van der Waals surface area contributed by atoms with Crippen LogP contribution < -0.4 is 9.80 Å². The van der Waals surface area contributed by atoms with Crippen LogP contribution in [0.3, 0.4) is 0 Å². The topological polar surface area (TPSA) is 11.4 Å². The standard InChI is InChI=1S/C41H33N3/c1-41(2)43(32-17-5-3-6-18-32)37-22-21-34(27-40(37)44(41)33-19-7-4-8-20-33)42-38-25-30-15-11-9-13-28(30)23-35(38)36-24-29-14-10-12-16-31(29)26-39(36)42/h3-25,27,31H,26H2,1-2H3. The average Bonchev–Trinajstić information content (AvgIpc) is 3.49. The Morgan fingerprint density at radius 3 is 2.02 bits per heavy atom. The minimum Gasteiger partial charge on any atom is -0.316 e. The number of nitrogens with zero attached hydrogens (tertiary/aromatic N) is 3. The van der Waals surface area contributed by atoms with Crippen molar-refractivity contribution in [1.82, 2.24) is 4.57 Å². The maximum Gasteiger partial charge on any atom is 0.116 e. The van der Waals surface area contributed by atoms with Gasteiger partial charge < -0.3 is 14.4 Å². The summed E-state index contributed by atoms with van der Waals surface area (Å²) < 4.78 is 2.54. The van der Waals surface area contributed by atoms with Crippen molar-refractivity contribution in [2.75, 3.05) is 9.80 Å². The fourth-order valence-electron chi connectivity index (χ4n) is 7.80. The van der Waals surface area contributed by atoms with E-state index in [1.165, 1.54) is 66.9 Å². The first-order valence-corrected chi connectivity index (χ1v) is 15.6. The fourth-order valence-corrected chi connectivity index (χ4v) is 7.80. The number of hydrogen-bond donors (Lipinski definition) is 0. The van der Waals surface area contributed by atoms with Gasteiger partial charge in [0.25, 0.3) is 0 Å². The summed E-state index contributed by atoms with van der Waals surface area (Å²) in [6.07, 6.45) is 12.4. The van der Waals surface area contributed by atoms with Crippen molar-refractivity contribution in [3.05, 3.63) is 156 Å². The van der Waals surface area contributed by atoms with Gasteiger partial charge in [-0.3, -0.25) is 0 Å². The maximum atomic E-state index is 2.54. The lowest BCUT2D eigenvalue weighted by molar-refractivity contribution is 0.540. The molecule has 1 aromatic heterocycles. The van der Waals surface area contributed by atoms with E-state index in [2.05, 4.69) is 174 Å². The summed E-state index contributed by atoms with van der Waals surface area (Å²) in [5, 5.41) is 3.87. The molecule has 3 nitrogen and oxygen atoms in total. The Kier molecular flexibility index (Phi) is 5.37. The minimum absolute atomic E-state index is 0.324. The molecule has 9 rings (SSSR count). The zero-order valence-electron chi connectivity index (χ0n) is 25.0. The molecule has 0 spiro atoms. The van der Waals surface area contributed by atoms with Crippen LogP contribution in [-0.2, 0) is 6.42 Å². The third kappa shape index (κ3) is 3.62. The molecule has 212 valence electrons. The Morgan fingerprint density at radius 2 is 1.30 bits per heavy atom. The predicted molar refractivity (Wildman–Crippen MR) is 185 cm³/mol. The molecule has 3 aliphatic rings. The summed E-state index contributed by atoms with van der Waals surface area (Å²) in [6.45, 7) is 4.64. The van der Waals surface area contributed by atoms with Crippen molar-refractivity contribution in [3.8, 4) is 5.69 Å². The van der Waals surface area contributed by atoms with Gasteiger partial charge in [0.2, 0.25) is 0 Å². The lowest BCUT2D eigenvalue weighted by Crippen LogP contribution is -2.48. The quantitative estimate of drug-likeness (QED) is 0.211. The third-order valence-corrected chi connectivity index (χ3v) is 9.69. The Morgan fingerprint density at radius 1 is 0.636 bits per heavy atom. The van der Waals surface area contributed by atoms with Crippen LogP contribution in [0.15, 0.2) is 145 Å². The third-order valence-electron chi connectivity index (χ3n) is 9.69. The number of para-hydroxylation sites is 2. The van der Waals surface area contributed by atoms with Gasteiger partial charge >= 0.3 is 0 Å². The van der Waals surface area contributed by atoms with Gasteiger partial charge in [0.15, 0.2) is 0 Å². The van der Waals surface area contributed by atoms with Crippen molar-refractivity contribution in [1.29, 1.82) is 0 Å². The monoisotopic (exact) mass is 567 g/mol. The van der Waals surface area contributed by atoms with Gasteiger partial charge in [-0.2, -0.15) is 0 Å². The van der Waals surface area contributed by atoms with Gasteiger partial charge in [0, 0.05) is 39.6 Å². The van der Waals surface area contributed by atoms with E-state index in [4.69, 9.17) is 0 Å². The van der Waals surface area contributed by atoms with Crippen molar-refractivity contribution < 1.29 is 0 Å². The van der Waals surface area contributed by atoms with Crippen molar-refractivity contribution in [2.24, 2.45) is 5.92 Å². The van der Waals surface area contributed by atoms with E-state index in [0.717, 1.165) is 6.42 Å². The van der Waals surface area contributed by atoms with Crippen LogP contribution in [0, 0.1) is 5.92 Å². The SMILES string of the molecule is CC1(C)N(c2ccccc2)c2ccc(-n3c4c(c5cc6ccccc6cc53)C=C3C=CC=CC3C4)cc2N1c1ccccc1. The first-order chi connectivity index (χ1) is 21.6. The second-order valence-electron chi connectivity index (χ2n) is 12.6. The van der Waals surface area contributed by atoms with Crippen LogP contribution in [-0.4, -0.2) is 10.2 Å². The van der Waals surface area contributed by atoms with E-state index >= 15 is 0 Å². The molecule has 0 N–H and O–H groups in total. The molecule has 1 aliphatic heterocycles. The molecular formula is C41H33N3. The summed E-state index contributed by atoms with van der Waals surface area (Å²) in [5.74, 6) is 0.396. The highest BCUT2D eigenvalue weighted by molar-refractivity contribution is 6.03. The Hall–Kier alpha value is -5.28. The second kappa shape index (κ2) is 9.36. The Labute approximate surface area is 258 Å². The van der Waals surface area contributed by atoms with Crippen LogP contribution >= 0.6 is 0 Å². The van der Waals surface area contributed by atoms with Crippen molar-refractivity contribution in [3.63, 3.8) is 0 Å². The number of anilines is 4. The van der Waals surface area contributed by atoms with Crippen LogP contribution in [0.1, 0.15) is 25.1 Å². The van der Waals surface area contributed by atoms with Crippen LogP contribution in [0.4, 0.5) is 22.7 Å². The van der Waals surface area contributed by atoms with E-state index in [9.17, 15) is 0 Å². The largest absolute Gasteiger partial charge is 0.316 e. The lowest BCUT2D eigenvalue weighted by Gasteiger charge is -2.40. The number of hydrogen-bond acceptors (Lipinski definition) is 2. The van der Waals surface area contributed by atoms with Crippen molar-refractivity contribution in [2.45, 2.75) is 25.9 Å². The van der Waals surface area contributed by atoms with Gasteiger partial charge in [-0.25, -0.2) is 0 Å². The molecule has 2 aliphatic carbocycles. The minimum atomic E-state index is -0.324. The highest BCUT2D eigenvalue weighted by atomic mass is 15.5. The molecule has 0 saturated carbocycles. The molecule has 3 heteroatoms. The number of allylic oxidation sites excluding steroid dienone is 5. The zero-order valence-corrected chi connectivity index (χ0v) is 25.0. The van der Waals surface area contributed by atoms with Crippen molar-refractivity contribution >= 4 is 50.5 Å². The van der Waals surface area contributed by atoms with Gasteiger partial charge in [0.1, 0.15) is 5.66 Å². The molecule has 44 heavy (non-hydrogen) atoms. The summed E-state index contributed by atoms with van der Waals surface area (Å²) in [6, 6.07) is 42.2. The maximum absolute atomic E-state index is 2.54. The summed E-state index contributed by atoms with van der Waals surface area (Å²) >= 11 is 0. The van der Waals surface area contributed by atoms with Gasteiger partial charge in [0.05, 0.1) is 16.9 Å². The Balaban J connectivity index is 1.32. The molecule has 0 saturated heterocycles. The van der Waals surface area contributed by atoms with E-state index in [-0.39, 0.29) is 5.66 Å². The molecule has 5 aromatic carbocycles. The molecule has 0 radical (unpaired) electrons. The van der Waals surface area contributed by atoms with E-state index < -0.39 is 0 Å². The number of aromatic nitrogens is 1. The fraction of sp³-hybridized carbons (Fsp3) is 0.122. The number of benzene rings is 5. The van der Waals surface area contributed by atoms with Crippen LogP contribution in [0.25, 0.3) is 33.4 Å². The zero-order chi connectivity index (χ0) is 29.4. The van der Waals surface area contributed by atoms with Gasteiger partial charge in [-0.05, 0) is 97.3 Å². The summed E-state index contributed by atoms with van der Waals surface area (Å²) in [5.41, 5.74) is 11.1. The average molecular weight is 568 g/mol. The Bertz CT molecular complexity index is 2180.